The van der Waals surface area contributed by atoms with E-state index in [-0.39, 0.29) is 11.1 Å². The van der Waals surface area contributed by atoms with Crippen LogP contribution >= 0.6 is 11.8 Å². The smallest absolute Gasteiger partial charge is 0.178 e. The van der Waals surface area contributed by atoms with Gasteiger partial charge in [0.1, 0.15) is 5.82 Å². The summed E-state index contributed by atoms with van der Waals surface area (Å²) in [7, 11) is 0. The number of hydrogen-bond acceptors (Lipinski definition) is 3. The molecule has 1 atom stereocenters. The fourth-order valence-electron chi connectivity index (χ4n) is 2.06. The van der Waals surface area contributed by atoms with E-state index in [9.17, 15) is 4.39 Å². The van der Waals surface area contributed by atoms with E-state index in [0.29, 0.717) is 0 Å². The molecule has 0 spiro atoms. The summed E-state index contributed by atoms with van der Waals surface area (Å²) in [5.74, 6) is -0.211. The van der Waals surface area contributed by atoms with E-state index in [4.69, 9.17) is 0 Å². The molecular formula is C15H14FN3S. The molecule has 3 aromatic rings. The van der Waals surface area contributed by atoms with Gasteiger partial charge >= 0.3 is 0 Å². The van der Waals surface area contributed by atoms with Crippen molar-refractivity contribution >= 4 is 22.9 Å². The maximum Gasteiger partial charge on any atom is 0.178 e. The number of imidazole rings is 1. The Morgan fingerprint density at radius 1 is 1.30 bits per heavy atom. The van der Waals surface area contributed by atoms with Crippen LogP contribution in [0.4, 0.5) is 4.39 Å². The van der Waals surface area contributed by atoms with Crippen LogP contribution in [0.2, 0.25) is 0 Å². The number of halogens is 1. The standard InChI is InChI=1S/C15H14FN3S/c1-9-6-7-17-14-13(9)18-15(19-14)20-10(2)11-4-3-5-12(16)8-11/h3-8,10H,1-2H3,(H,17,18,19). The van der Waals surface area contributed by atoms with Crippen molar-refractivity contribution in [2.75, 3.05) is 0 Å². The first-order chi connectivity index (χ1) is 9.63. The van der Waals surface area contributed by atoms with Crippen molar-refractivity contribution in [2.45, 2.75) is 24.3 Å². The van der Waals surface area contributed by atoms with Gasteiger partial charge in [-0.15, -0.1) is 0 Å². The van der Waals surface area contributed by atoms with Crippen molar-refractivity contribution in [3.63, 3.8) is 0 Å². The first kappa shape index (κ1) is 13.1. The number of nitrogens with one attached hydrogen (secondary N) is 1. The van der Waals surface area contributed by atoms with Crippen molar-refractivity contribution in [2.24, 2.45) is 0 Å². The Morgan fingerprint density at radius 3 is 2.90 bits per heavy atom. The van der Waals surface area contributed by atoms with Crippen LogP contribution in [0.5, 0.6) is 0 Å². The number of aromatic amines is 1. The van der Waals surface area contributed by atoms with Crippen molar-refractivity contribution in [1.82, 2.24) is 15.0 Å². The summed E-state index contributed by atoms with van der Waals surface area (Å²) in [5.41, 5.74) is 3.74. The highest BCUT2D eigenvalue weighted by Gasteiger charge is 2.12. The van der Waals surface area contributed by atoms with Gasteiger partial charge in [0.25, 0.3) is 0 Å². The largest absolute Gasteiger partial charge is 0.331 e. The summed E-state index contributed by atoms with van der Waals surface area (Å²) < 4.78 is 13.2. The van der Waals surface area contributed by atoms with Crippen molar-refractivity contribution in [3.05, 3.63) is 53.5 Å². The third-order valence-electron chi connectivity index (χ3n) is 3.19. The molecule has 0 amide bonds. The van der Waals surface area contributed by atoms with Crippen molar-refractivity contribution < 1.29 is 4.39 Å². The Bertz CT molecular complexity index is 754. The Kier molecular flexibility index (Phi) is 3.44. The monoisotopic (exact) mass is 287 g/mol. The first-order valence-electron chi connectivity index (χ1n) is 6.37. The third kappa shape index (κ3) is 2.54. The molecule has 0 saturated carbocycles. The van der Waals surface area contributed by atoms with E-state index >= 15 is 0 Å². The lowest BCUT2D eigenvalue weighted by atomic mass is 10.2. The van der Waals surface area contributed by atoms with Gasteiger partial charge in [0.15, 0.2) is 10.8 Å². The number of pyridine rings is 1. The molecule has 1 unspecified atom stereocenters. The minimum Gasteiger partial charge on any atom is -0.331 e. The quantitative estimate of drug-likeness (QED) is 0.732. The van der Waals surface area contributed by atoms with E-state index in [1.54, 1.807) is 30.1 Å². The maximum atomic E-state index is 13.2. The minimum absolute atomic E-state index is 0.117. The Hall–Kier alpha value is -1.88. The molecule has 0 aliphatic carbocycles. The number of fused-ring (bicyclic) bond motifs is 1. The molecule has 2 aromatic heterocycles. The number of hydrogen-bond donors (Lipinski definition) is 1. The molecule has 0 aliphatic rings. The van der Waals surface area contributed by atoms with Gasteiger partial charge in [-0.3, -0.25) is 0 Å². The predicted octanol–water partition coefficient (Wildman–Crippen LogP) is 4.26. The highest BCUT2D eigenvalue weighted by molar-refractivity contribution is 7.99. The van der Waals surface area contributed by atoms with Crippen LogP contribution < -0.4 is 0 Å². The number of rotatable bonds is 3. The molecular weight excluding hydrogens is 273 g/mol. The second-order valence-electron chi connectivity index (χ2n) is 4.68. The topological polar surface area (TPSA) is 41.6 Å². The van der Waals surface area contributed by atoms with E-state index in [2.05, 4.69) is 15.0 Å². The second-order valence-corrected chi connectivity index (χ2v) is 6.01. The summed E-state index contributed by atoms with van der Waals surface area (Å²) in [6, 6.07) is 8.61. The summed E-state index contributed by atoms with van der Waals surface area (Å²) >= 11 is 1.57. The van der Waals surface area contributed by atoms with Gasteiger partial charge in [0.05, 0.1) is 5.52 Å². The molecule has 0 fully saturated rings. The zero-order valence-electron chi connectivity index (χ0n) is 11.2. The van der Waals surface area contributed by atoms with Crippen molar-refractivity contribution in [1.29, 1.82) is 0 Å². The summed E-state index contributed by atoms with van der Waals surface area (Å²) in [6.45, 7) is 4.06. The lowest BCUT2D eigenvalue weighted by Crippen LogP contribution is -1.90. The van der Waals surface area contributed by atoms with Gasteiger partial charge in [-0.05, 0) is 43.2 Å². The average Bonchev–Trinajstić information content (AvgIpc) is 2.83. The average molecular weight is 287 g/mol. The highest BCUT2D eigenvalue weighted by Crippen LogP contribution is 2.34. The van der Waals surface area contributed by atoms with Gasteiger partial charge in [-0.1, -0.05) is 23.9 Å². The van der Waals surface area contributed by atoms with Crippen LogP contribution in [0.15, 0.2) is 41.7 Å². The summed E-state index contributed by atoms with van der Waals surface area (Å²) in [5, 5.41) is 0.921. The Morgan fingerprint density at radius 2 is 2.15 bits per heavy atom. The zero-order valence-corrected chi connectivity index (χ0v) is 12.0. The first-order valence-corrected chi connectivity index (χ1v) is 7.25. The fourth-order valence-corrected chi connectivity index (χ4v) is 2.98. The molecule has 2 heterocycles. The molecule has 0 bridgehead atoms. The molecule has 0 saturated heterocycles. The SMILES string of the molecule is Cc1ccnc2nc(SC(C)c3cccc(F)c3)[nH]c12. The summed E-state index contributed by atoms with van der Waals surface area (Å²) in [4.78, 5) is 12.0. The maximum absolute atomic E-state index is 13.2. The molecule has 0 radical (unpaired) electrons. The van der Waals surface area contributed by atoms with Gasteiger partial charge < -0.3 is 4.98 Å². The molecule has 102 valence electrons. The number of benzene rings is 1. The third-order valence-corrected chi connectivity index (χ3v) is 4.23. The predicted molar refractivity (Wildman–Crippen MR) is 79.3 cm³/mol. The second kappa shape index (κ2) is 5.25. The minimum atomic E-state index is -0.211. The molecule has 1 aromatic carbocycles. The van der Waals surface area contributed by atoms with Crippen LogP contribution in [-0.2, 0) is 0 Å². The Balaban J connectivity index is 1.87. The number of thioether (sulfide) groups is 1. The summed E-state index contributed by atoms with van der Waals surface area (Å²) in [6.07, 6.45) is 1.75. The van der Waals surface area contributed by atoms with E-state index in [0.717, 1.165) is 27.4 Å². The highest BCUT2D eigenvalue weighted by atomic mass is 32.2. The fraction of sp³-hybridized carbons (Fsp3) is 0.200. The van der Waals surface area contributed by atoms with Gasteiger partial charge in [-0.25, -0.2) is 14.4 Å². The van der Waals surface area contributed by atoms with E-state index in [1.165, 1.54) is 6.07 Å². The Labute approximate surface area is 120 Å². The molecule has 3 rings (SSSR count). The molecule has 5 heteroatoms. The normalized spacial score (nSPS) is 12.8. The number of aryl methyl sites for hydroxylation is 1. The van der Waals surface area contributed by atoms with Gasteiger partial charge in [0, 0.05) is 11.4 Å². The number of nitrogens with zero attached hydrogens (tertiary/aromatic N) is 2. The lowest BCUT2D eigenvalue weighted by molar-refractivity contribution is 0.625. The van der Waals surface area contributed by atoms with Crippen LogP contribution in [0.1, 0.15) is 23.3 Å². The van der Waals surface area contributed by atoms with Gasteiger partial charge in [0.2, 0.25) is 0 Å². The number of aromatic nitrogens is 3. The van der Waals surface area contributed by atoms with Gasteiger partial charge in [-0.2, -0.15) is 0 Å². The lowest BCUT2D eigenvalue weighted by Gasteiger charge is -2.09. The van der Waals surface area contributed by atoms with Crippen LogP contribution in [0.3, 0.4) is 0 Å². The molecule has 0 aliphatic heterocycles. The van der Waals surface area contributed by atoms with Crippen LogP contribution in [-0.4, -0.2) is 15.0 Å². The van der Waals surface area contributed by atoms with Crippen LogP contribution in [0, 0.1) is 12.7 Å². The van der Waals surface area contributed by atoms with Crippen molar-refractivity contribution in [3.8, 4) is 0 Å². The van der Waals surface area contributed by atoms with E-state index < -0.39 is 0 Å². The van der Waals surface area contributed by atoms with Crippen LogP contribution in [0.25, 0.3) is 11.2 Å². The molecule has 1 N–H and O–H groups in total. The van der Waals surface area contributed by atoms with E-state index in [1.807, 2.05) is 26.0 Å². The molecule has 3 nitrogen and oxygen atoms in total. The number of H-pyrrole nitrogens is 1. The zero-order chi connectivity index (χ0) is 14.1. The molecule has 20 heavy (non-hydrogen) atoms.